The maximum absolute atomic E-state index is 12.5. The van der Waals surface area contributed by atoms with Crippen LogP contribution in [-0.4, -0.2) is 43.5 Å². The molecule has 5 nitrogen and oxygen atoms in total. The first-order valence-electron chi connectivity index (χ1n) is 10.7. The zero-order valence-electron chi connectivity index (χ0n) is 16.8. The highest BCUT2D eigenvalue weighted by Gasteiger charge is 2.22. The number of piperidine rings is 1. The lowest BCUT2D eigenvalue weighted by Gasteiger charge is -2.31. The van der Waals surface area contributed by atoms with Crippen molar-refractivity contribution in [2.75, 3.05) is 37.6 Å². The number of nitrogens with one attached hydrogen (secondary N) is 1. The third-order valence-electron chi connectivity index (χ3n) is 6.07. The largest absolute Gasteiger partial charge is 0.454 e. The fourth-order valence-electron chi connectivity index (χ4n) is 4.42. The molecule has 150 valence electrons. The number of hydrogen-bond acceptors (Lipinski definition) is 4. The SMILES string of the molecule is C[C@H](c1ccc(C(=O)NCCN2CCCc3ccccc32)o1)N1CCCCC1. The average molecular weight is 382 g/mol. The van der Waals surface area contributed by atoms with E-state index in [0.717, 1.165) is 38.4 Å². The van der Waals surface area contributed by atoms with Gasteiger partial charge in [-0.3, -0.25) is 9.69 Å². The fourth-order valence-corrected chi connectivity index (χ4v) is 4.42. The number of fused-ring (bicyclic) bond motifs is 1. The maximum atomic E-state index is 12.5. The summed E-state index contributed by atoms with van der Waals surface area (Å²) < 4.78 is 5.89. The number of hydrogen-bond donors (Lipinski definition) is 1. The number of carbonyl (C=O) groups excluding carboxylic acids is 1. The molecule has 0 spiro atoms. The molecule has 0 radical (unpaired) electrons. The van der Waals surface area contributed by atoms with E-state index in [9.17, 15) is 4.79 Å². The van der Waals surface area contributed by atoms with Gasteiger partial charge in [0.25, 0.3) is 5.91 Å². The van der Waals surface area contributed by atoms with E-state index in [1.165, 1.54) is 36.9 Å². The number of benzene rings is 1. The van der Waals surface area contributed by atoms with Gasteiger partial charge in [-0.1, -0.05) is 24.6 Å². The Kier molecular flexibility index (Phi) is 6.01. The number of amides is 1. The van der Waals surface area contributed by atoms with Gasteiger partial charge in [0.1, 0.15) is 5.76 Å². The van der Waals surface area contributed by atoms with Crippen LogP contribution in [0.5, 0.6) is 0 Å². The summed E-state index contributed by atoms with van der Waals surface area (Å²) in [6.45, 7) is 6.87. The summed E-state index contributed by atoms with van der Waals surface area (Å²) in [6, 6.07) is 12.6. The Balaban J connectivity index is 1.30. The van der Waals surface area contributed by atoms with Crippen molar-refractivity contribution in [3.63, 3.8) is 0 Å². The molecule has 1 N–H and O–H groups in total. The number of furan rings is 1. The van der Waals surface area contributed by atoms with Crippen LogP contribution in [0.1, 0.15) is 60.5 Å². The van der Waals surface area contributed by atoms with Crippen LogP contribution in [0.25, 0.3) is 0 Å². The van der Waals surface area contributed by atoms with Crippen LogP contribution in [0.3, 0.4) is 0 Å². The average Bonchev–Trinajstić information content (AvgIpc) is 3.24. The summed E-state index contributed by atoms with van der Waals surface area (Å²) >= 11 is 0. The highest BCUT2D eigenvalue weighted by Crippen LogP contribution is 2.27. The van der Waals surface area contributed by atoms with Crippen molar-refractivity contribution >= 4 is 11.6 Å². The first-order valence-corrected chi connectivity index (χ1v) is 10.7. The normalized spacial score (nSPS) is 18.5. The van der Waals surface area contributed by atoms with Crippen LogP contribution in [0.4, 0.5) is 5.69 Å². The molecule has 0 bridgehead atoms. The summed E-state index contributed by atoms with van der Waals surface area (Å²) in [7, 11) is 0. The lowest BCUT2D eigenvalue weighted by atomic mass is 10.0. The molecule has 1 saturated heterocycles. The van der Waals surface area contributed by atoms with E-state index in [1.807, 2.05) is 6.07 Å². The molecule has 5 heteroatoms. The third kappa shape index (κ3) is 4.25. The second kappa shape index (κ2) is 8.82. The predicted octanol–water partition coefficient (Wildman–Crippen LogP) is 4.01. The Morgan fingerprint density at radius 3 is 2.75 bits per heavy atom. The zero-order valence-corrected chi connectivity index (χ0v) is 16.8. The van der Waals surface area contributed by atoms with Crippen molar-refractivity contribution in [1.82, 2.24) is 10.2 Å². The van der Waals surface area contributed by atoms with E-state index in [1.54, 1.807) is 6.07 Å². The van der Waals surface area contributed by atoms with Crippen molar-refractivity contribution < 1.29 is 9.21 Å². The van der Waals surface area contributed by atoms with Gasteiger partial charge in [0.15, 0.2) is 5.76 Å². The van der Waals surface area contributed by atoms with Gasteiger partial charge in [0, 0.05) is 25.3 Å². The van der Waals surface area contributed by atoms with Gasteiger partial charge in [0.05, 0.1) is 6.04 Å². The molecule has 0 unspecified atom stereocenters. The van der Waals surface area contributed by atoms with Crippen molar-refractivity contribution in [2.24, 2.45) is 0 Å². The lowest BCUT2D eigenvalue weighted by Crippen LogP contribution is -2.37. The molecule has 1 amide bonds. The highest BCUT2D eigenvalue weighted by atomic mass is 16.4. The summed E-state index contributed by atoms with van der Waals surface area (Å²) in [4.78, 5) is 17.3. The molecule has 1 aromatic carbocycles. The van der Waals surface area contributed by atoms with E-state index >= 15 is 0 Å². The Bertz CT molecular complexity index is 795. The van der Waals surface area contributed by atoms with E-state index < -0.39 is 0 Å². The summed E-state index contributed by atoms with van der Waals surface area (Å²) in [5.74, 6) is 1.18. The molecular formula is C23H31N3O2. The first-order chi connectivity index (χ1) is 13.7. The van der Waals surface area contributed by atoms with Crippen LogP contribution < -0.4 is 10.2 Å². The molecule has 0 aliphatic carbocycles. The number of rotatable bonds is 6. The van der Waals surface area contributed by atoms with E-state index in [2.05, 4.69) is 46.3 Å². The van der Waals surface area contributed by atoms with Crippen LogP contribution in [0, 0.1) is 0 Å². The summed E-state index contributed by atoms with van der Waals surface area (Å²) in [5.41, 5.74) is 2.71. The van der Waals surface area contributed by atoms with Gasteiger partial charge in [-0.15, -0.1) is 0 Å². The number of carbonyl (C=O) groups is 1. The van der Waals surface area contributed by atoms with Crippen molar-refractivity contribution in [2.45, 2.75) is 45.1 Å². The second-order valence-corrected chi connectivity index (χ2v) is 7.95. The van der Waals surface area contributed by atoms with Crippen molar-refractivity contribution in [3.05, 3.63) is 53.5 Å². The molecule has 2 aliphatic rings. The van der Waals surface area contributed by atoms with Crippen LogP contribution in [-0.2, 0) is 6.42 Å². The molecule has 28 heavy (non-hydrogen) atoms. The Morgan fingerprint density at radius 2 is 1.89 bits per heavy atom. The van der Waals surface area contributed by atoms with Gasteiger partial charge in [0.2, 0.25) is 0 Å². The summed E-state index contributed by atoms with van der Waals surface area (Å²) in [5, 5.41) is 3.02. The number of likely N-dealkylation sites (tertiary alicyclic amines) is 1. The minimum Gasteiger partial charge on any atom is -0.454 e. The molecule has 0 saturated carbocycles. The molecule has 4 rings (SSSR count). The highest BCUT2D eigenvalue weighted by molar-refractivity contribution is 5.91. The molecule has 1 fully saturated rings. The van der Waals surface area contributed by atoms with Crippen molar-refractivity contribution in [1.29, 1.82) is 0 Å². The molecule has 2 aromatic rings. The molecule has 2 aliphatic heterocycles. The van der Waals surface area contributed by atoms with Gasteiger partial charge in [-0.2, -0.15) is 0 Å². The monoisotopic (exact) mass is 381 g/mol. The lowest BCUT2D eigenvalue weighted by molar-refractivity contribution is 0.0918. The maximum Gasteiger partial charge on any atom is 0.287 e. The number of aryl methyl sites for hydroxylation is 1. The quantitative estimate of drug-likeness (QED) is 0.821. The number of anilines is 1. The van der Waals surface area contributed by atoms with E-state index in [0.29, 0.717) is 12.3 Å². The van der Waals surface area contributed by atoms with Gasteiger partial charge < -0.3 is 14.6 Å². The Labute approximate surface area is 167 Å². The minimum atomic E-state index is -0.123. The van der Waals surface area contributed by atoms with Gasteiger partial charge in [-0.25, -0.2) is 0 Å². The molecule has 1 aromatic heterocycles. The first kappa shape index (κ1) is 19.1. The fraction of sp³-hybridized carbons (Fsp3) is 0.522. The standard InChI is InChI=1S/C23H31N3O2/c1-18(25-14-5-2-6-15-25)21-11-12-22(28-21)23(27)24-13-17-26-16-7-9-19-8-3-4-10-20(19)26/h3-4,8,10-12,18H,2,5-7,9,13-17H2,1H3,(H,24,27)/t18-/m1/s1. The predicted molar refractivity (Wildman–Crippen MR) is 112 cm³/mol. The Morgan fingerprint density at radius 1 is 1.07 bits per heavy atom. The topological polar surface area (TPSA) is 48.7 Å². The molecular weight excluding hydrogens is 350 g/mol. The smallest absolute Gasteiger partial charge is 0.287 e. The molecule has 1 atom stereocenters. The summed E-state index contributed by atoms with van der Waals surface area (Å²) in [6.07, 6.45) is 6.12. The van der Waals surface area contributed by atoms with Crippen LogP contribution >= 0.6 is 0 Å². The molecule has 3 heterocycles. The van der Waals surface area contributed by atoms with Crippen molar-refractivity contribution in [3.8, 4) is 0 Å². The van der Waals surface area contributed by atoms with E-state index in [-0.39, 0.29) is 11.9 Å². The zero-order chi connectivity index (χ0) is 19.3. The van der Waals surface area contributed by atoms with Crippen LogP contribution in [0.15, 0.2) is 40.8 Å². The minimum absolute atomic E-state index is 0.123. The van der Waals surface area contributed by atoms with Crippen LogP contribution in [0.2, 0.25) is 0 Å². The van der Waals surface area contributed by atoms with Gasteiger partial charge in [-0.05, 0) is 69.5 Å². The third-order valence-corrected chi connectivity index (χ3v) is 6.07. The van der Waals surface area contributed by atoms with Gasteiger partial charge >= 0.3 is 0 Å². The Hall–Kier alpha value is -2.27. The number of para-hydroxylation sites is 1. The second-order valence-electron chi connectivity index (χ2n) is 7.95. The number of nitrogens with zero attached hydrogens (tertiary/aromatic N) is 2. The van der Waals surface area contributed by atoms with E-state index in [4.69, 9.17) is 4.42 Å².